The molecule has 0 unspecified atom stereocenters. The topological polar surface area (TPSA) is 6.48 Å². The quantitative estimate of drug-likeness (QED) is 0.142. The van der Waals surface area contributed by atoms with Gasteiger partial charge in [0.05, 0.1) is 11.4 Å². The van der Waals surface area contributed by atoms with Gasteiger partial charge in [0.15, 0.2) is 0 Å². The van der Waals surface area contributed by atoms with Crippen molar-refractivity contribution in [2.75, 3.05) is 9.80 Å². The minimum atomic E-state index is 1.11. The van der Waals surface area contributed by atoms with E-state index >= 15 is 0 Å². The Hall–Kier alpha value is -7.94. The van der Waals surface area contributed by atoms with Gasteiger partial charge in [-0.3, -0.25) is 0 Å². The molecule has 0 aromatic heterocycles. The van der Waals surface area contributed by atoms with Gasteiger partial charge in [0.25, 0.3) is 0 Å². The van der Waals surface area contributed by atoms with Crippen LogP contribution in [0.4, 0.5) is 34.1 Å². The summed E-state index contributed by atoms with van der Waals surface area (Å²) in [7, 11) is 0. The Labute approximate surface area is 350 Å². The zero-order chi connectivity index (χ0) is 39.8. The maximum atomic E-state index is 2.37. The molecule has 11 aromatic carbocycles. The molecule has 11 aromatic rings. The van der Waals surface area contributed by atoms with Gasteiger partial charge >= 0.3 is 0 Å². The van der Waals surface area contributed by atoms with Gasteiger partial charge in [0.2, 0.25) is 0 Å². The number of nitrogens with zero attached hydrogens (tertiary/aromatic N) is 2. The van der Waals surface area contributed by atoms with Crippen molar-refractivity contribution in [3.63, 3.8) is 0 Å². The van der Waals surface area contributed by atoms with E-state index in [1.54, 1.807) is 0 Å². The lowest BCUT2D eigenvalue weighted by Gasteiger charge is -2.27. The summed E-state index contributed by atoms with van der Waals surface area (Å²) in [6.07, 6.45) is 0. The first-order chi connectivity index (χ1) is 29.7. The maximum absolute atomic E-state index is 2.37. The number of rotatable bonds is 8. The second-order valence-corrected chi connectivity index (χ2v) is 15.4. The molecule has 0 bridgehead atoms. The fraction of sp³-hybridized carbons (Fsp3) is 0. The third-order valence-electron chi connectivity index (χ3n) is 11.8. The van der Waals surface area contributed by atoms with Crippen LogP contribution in [-0.2, 0) is 0 Å². The predicted octanol–water partition coefficient (Wildman–Crippen LogP) is 16.6. The largest absolute Gasteiger partial charge is 0.310 e. The van der Waals surface area contributed by atoms with Gasteiger partial charge in [-0.05, 0) is 140 Å². The van der Waals surface area contributed by atoms with Crippen molar-refractivity contribution in [1.82, 2.24) is 0 Å². The van der Waals surface area contributed by atoms with Crippen molar-refractivity contribution >= 4 is 77.2 Å². The summed E-state index contributed by atoms with van der Waals surface area (Å²) >= 11 is 0. The first-order valence-electron chi connectivity index (χ1n) is 20.6. The molecule has 0 heterocycles. The highest BCUT2D eigenvalue weighted by molar-refractivity contribution is 6.07. The molecule has 0 N–H and O–H groups in total. The van der Waals surface area contributed by atoms with E-state index in [0.29, 0.717) is 0 Å². The Balaban J connectivity index is 0.896. The Morgan fingerprint density at radius 1 is 0.200 bits per heavy atom. The summed E-state index contributed by atoms with van der Waals surface area (Å²) < 4.78 is 0. The van der Waals surface area contributed by atoms with Gasteiger partial charge < -0.3 is 9.80 Å². The SMILES string of the molecule is c1ccc(N(c2ccc(-c3ccc(-c4ccc(N(c5ccccc5)c5cccc6cc7ccccc7cc56)cc4)cc3)cc2)c2cccc3cc4ccccc4cc23)cc1. The van der Waals surface area contributed by atoms with Crippen molar-refractivity contribution in [3.05, 3.63) is 243 Å². The van der Waals surface area contributed by atoms with Crippen LogP contribution in [0.15, 0.2) is 243 Å². The van der Waals surface area contributed by atoms with E-state index in [4.69, 9.17) is 0 Å². The van der Waals surface area contributed by atoms with Gasteiger partial charge in [-0.1, -0.05) is 158 Å². The average Bonchev–Trinajstić information content (AvgIpc) is 3.32. The Bertz CT molecular complexity index is 3060. The van der Waals surface area contributed by atoms with Crippen LogP contribution < -0.4 is 9.80 Å². The minimum Gasteiger partial charge on any atom is -0.310 e. The second kappa shape index (κ2) is 15.1. The zero-order valence-corrected chi connectivity index (χ0v) is 33.0. The van der Waals surface area contributed by atoms with Crippen LogP contribution in [0.2, 0.25) is 0 Å². The summed E-state index contributed by atoms with van der Waals surface area (Å²) in [5.41, 5.74) is 11.5. The lowest BCUT2D eigenvalue weighted by atomic mass is 9.99. The molecule has 0 radical (unpaired) electrons. The molecule has 2 nitrogen and oxygen atoms in total. The Morgan fingerprint density at radius 3 is 0.850 bits per heavy atom. The molecule has 60 heavy (non-hydrogen) atoms. The van der Waals surface area contributed by atoms with Gasteiger partial charge in [0.1, 0.15) is 0 Å². The Morgan fingerprint density at radius 2 is 0.483 bits per heavy atom. The molecule has 0 aliphatic heterocycles. The van der Waals surface area contributed by atoms with E-state index < -0.39 is 0 Å². The lowest BCUT2D eigenvalue weighted by molar-refractivity contribution is 1.30. The van der Waals surface area contributed by atoms with Crippen molar-refractivity contribution in [3.8, 4) is 22.3 Å². The first kappa shape index (κ1) is 35.2. The van der Waals surface area contributed by atoms with E-state index in [1.165, 1.54) is 65.3 Å². The van der Waals surface area contributed by atoms with E-state index in [1.807, 2.05) is 0 Å². The van der Waals surface area contributed by atoms with Crippen LogP contribution in [0, 0.1) is 0 Å². The van der Waals surface area contributed by atoms with Crippen LogP contribution in [0.1, 0.15) is 0 Å². The highest BCUT2D eigenvalue weighted by Gasteiger charge is 2.18. The number of hydrogen-bond donors (Lipinski definition) is 0. The standard InChI is InChI=1S/C58H40N2/c1-3-19-51(20-4-1)59(57-23-11-17-49-37-45-13-7-9-15-47(45)39-55(49)57)53-33-29-43(30-34-53)41-25-27-42(28-26-41)44-31-35-54(36-32-44)60(52-21-5-2-6-22-52)58-24-12-18-50-38-46-14-8-10-16-48(46)40-56(50)58/h1-40H. The Kier molecular flexibility index (Phi) is 8.87. The fourth-order valence-electron chi connectivity index (χ4n) is 8.76. The monoisotopic (exact) mass is 764 g/mol. The van der Waals surface area contributed by atoms with E-state index in [9.17, 15) is 0 Å². The summed E-state index contributed by atoms with van der Waals surface area (Å²) in [4.78, 5) is 4.74. The molecule has 0 fully saturated rings. The molecular weight excluding hydrogens is 725 g/mol. The summed E-state index contributed by atoms with van der Waals surface area (Å²) in [5.74, 6) is 0. The summed E-state index contributed by atoms with van der Waals surface area (Å²) in [6.45, 7) is 0. The smallest absolute Gasteiger partial charge is 0.0540 e. The number of anilines is 6. The molecular formula is C58H40N2. The number of benzene rings is 11. The van der Waals surface area contributed by atoms with Crippen molar-refractivity contribution in [2.24, 2.45) is 0 Å². The molecule has 0 spiro atoms. The van der Waals surface area contributed by atoms with Crippen molar-refractivity contribution < 1.29 is 0 Å². The second-order valence-electron chi connectivity index (χ2n) is 15.4. The van der Waals surface area contributed by atoms with Crippen LogP contribution in [0.3, 0.4) is 0 Å². The van der Waals surface area contributed by atoms with Crippen LogP contribution in [0.25, 0.3) is 65.3 Å². The molecule has 2 heteroatoms. The van der Waals surface area contributed by atoms with Gasteiger partial charge in [-0.2, -0.15) is 0 Å². The van der Waals surface area contributed by atoms with Crippen LogP contribution in [0.5, 0.6) is 0 Å². The highest BCUT2D eigenvalue weighted by atomic mass is 15.1. The third kappa shape index (κ3) is 6.51. The van der Waals surface area contributed by atoms with Crippen LogP contribution >= 0.6 is 0 Å². The van der Waals surface area contributed by atoms with Gasteiger partial charge in [0, 0.05) is 33.5 Å². The fourth-order valence-corrected chi connectivity index (χ4v) is 8.76. The number of hydrogen-bond acceptors (Lipinski definition) is 2. The van der Waals surface area contributed by atoms with E-state index in [0.717, 1.165) is 34.1 Å². The minimum absolute atomic E-state index is 1.11. The van der Waals surface area contributed by atoms with Crippen molar-refractivity contribution in [2.45, 2.75) is 0 Å². The highest BCUT2D eigenvalue weighted by Crippen LogP contribution is 2.42. The molecule has 0 amide bonds. The lowest BCUT2D eigenvalue weighted by Crippen LogP contribution is -2.10. The molecule has 0 atom stereocenters. The summed E-state index contributed by atoms with van der Waals surface area (Å²) in [6, 6.07) is 87.9. The van der Waals surface area contributed by atoms with Gasteiger partial charge in [-0.15, -0.1) is 0 Å². The molecule has 282 valence electrons. The average molecular weight is 765 g/mol. The molecule has 0 saturated carbocycles. The number of fused-ring (bicyclic) bond motifs is 4. The van der Waals surface area contributed by atoms with E-state index in [2.05, 4.69) is 252 Å². The molecule has 0 aliphatic rings. The normalized spacial score (nSPS) is 11.3. The molecule has 0 saturated heterocycles. The zero-order valence-electron chi connectivity index (χ0n) is 33.0. The van der Waals surface area contributed by atoms with Crippen LogP contribution in [-0.4, -0.2) is 0 Å². The summed E-state index contributed by atoms with van der Waals surface area (Å²) in [5, 5.41) is 9.89. The van der Waals surface area contributed by atoms with Gasteiger partial charge in [-0.25, -0.2) is 0 Å². The maximum Gasteiger partial charge on any atom is 0.0540 e. The van der Waals surface area contributed by atoms with Crippen molar-refractivity contribution in [1.29, 1.82) is 0 Å². The molecule has 11 rings (SSSR count). The third-order valence-corrected chi connectivity index (χ3v) is 11.8. The number of para-hydroxylation sites is 2. The predicted molar refractivity (Wildman–Crippen MR) is 257 cm³/mol. The van der Waals surface area contributed by atoms with E-state index in [-0.39, 0.29) is 0 Å². The molecule has 0 aliphatic carbocycles. The first-order valence-corrected chi connectivity index (χ1v) is 20.6.